The molecule has 0 aliphatic carbocycles. The normalized spacial score (nSPS) is 11.9. The maximum Gasteiger partial charge on any atom is 0.138 e. The topological polar surface area (TPSA) is 21.3 Å². The highest BCUT2D eigenvalue weighted by Crippen LogP contribution is 2.48. The Morgan fingerprint density at radius 1 is 0.333 bits per heavy atom. The van der Waals surface area contributed by atoms with Gasteiger partial charge in [-0.3, -0.25) is 0 Å². The van der Waals surface area contributed by atoms with E-state index in [4.69, 9.17) is 4.42 Å². The minimum atomic E-state index is 0.879. The summed E-state index contributed by atoms with van der Waals surface area (Å²) in [4.78, 5) is 2.41. The Bertz CT molecular complexity index is 3470. The first kappa shape index (κ1) is 31.7. The van der Waals surface area contributed by atoms with Gasteiger partial charge in [-0.25, -0.2) is 0 Å². The summed E-state index contributed by atoms with van der Waals surface area (Å²) in [5, 5.41) is 12.2. The number of benzene rings is 10. The van der Waals surface area contributed by atoms with Crippen molar-refractivity contribution in [2.75, 3.05) is 4.90 Å². The van der Waals surface area contributed by atoms with Crippen molar-refractivity contribution < 1.29 is 4.42 Å². The molecule has 0 unspecified atom stereocenters. The van der Waals surface area contributed by atoms with E-state index in [0.717, 1.165) is 61.3 Å². The van der Waals surface area contributed by atoms with Crippen LogP contribution in [0.4, 0.5) is 17.1 Å². The predicted molar refractivity (Wildman–Crippen MR) is 241 cm³/mol. The number of aromatic nitrogens is 1. The molecule has 57 heavy (non-hydrogen) atoms. The van der Waals surface area contributed by atoms with Gasteiger partial charge in [0.15, 0.2) is 0 Å². The molecule has 0 amide bonds. The van der Waals surface area contributed by atoms with Crippen LogP contribution in [0.2, 0.25) is 0 Å². The predicted octanol–water partition coefficient (Wildman–Crippen LogP) is 15.3. The summed E-state index contributed by atoms with van der Waals surface area (Å²) in [5.41, 5.74) is 10.7. The third kappa shape index (κ3) is 4.79. The molecule has 0 spiro atoms. The number of hydrogen-bond acceptors (Lipinski definition) is 2. The van der Waals surface area contributed by atoms with Crippen molar-refractivity contribution in [3.63, 3.8) is 0 Å². The fourth-order valence-electron chi connectivity index (χ4n) is 9.32. The third-order valence-corrected chi connectivity index (χ3v) is 11.7. The van der Waals surface area contributed by atoms with Crippen LogP contribution in [-0.2, 0) is 0 Å². The van der Waals surface area contributed by atoms with Crippen LogP contribution < -0.4 is 4.90 Å². The molecular weight excluding hydrogens is 693 g/mol. The first-order valence-electron chi connectivity index (χ1n) is 19.5. The zero-order valence-electron chi connectivity index (χ0n) is 30.9. The fourth-order valence-corrected chi connectivity index (χ4v) is 9.32. The maximum atomic E-state index is 6.66. The second kappa shape index (κ2) is 12.5. The number of nitrogens with zero attached hydrogens (tertiary/aromatic N) is 2. The lowest BCUT2D eigenvalue weighted by Gasteiger charge is -2.26. The maximum absolute atomic E-state index is 6.66. The summed E-state index contributed by atoms with van der Waals surface area (Å²) in [7, 11) is 0. The number of fused-ring (bicyclic) bond motifs is 12. The Hall–Kier alpha value is -7.62. The molecule has 0 bridgehead atoms. The van der Waals surface area contributed by atoms with Gasteiger partial charge in [-0.05, 0) is 98.5 Å². The Kier molecular flexibility index (Phi) is 6.93. The van der Waals surface area contributed by atoms with E-state index in [2.05, 4.69) is 216 Å². The molecule has 0 fully saturated rings. The number of hydrogen-bond donors (Lipinski definition) is 0. The van der Waals surface area contributed by atoms with E-state index in [9.17, 15) is 0 Å². The van der Waals surface area contributed by atoms with Gasteiger partial charge in [0.1, 0.15) is 11.2 Å². The Morgan fingerprint density at radius 2 is 0.860 bits per heavy atom. The minimum absolute atomic E-state index is 0.879. The van der Waals surface area contributed by atoms with Crippen LogP contribution in [0, 0.1) is 0 Å². The van der Waals surface area contributed by atoms with Crippen molar-refractivity contribution in [1.82, 2.24) is 4.57 Å². The Morgan fingerprint density at radius 3 is 1.54 bits per heavy atom. The highest BCUT2D eigenvalue weighted by molar-refractivity contribution is 6.28. The molecule has 266 valence electrons. The van der Waals surface area contributed by atoms with Crippen molar-refractivity contribution in [2.45, 2.75) is 0 Å². The van der Waals surface area contributed by atoms with Crippen LogP contribution in [0.25, 0.3) is 92.9 Å². The zero-order chi connectivity index (χ0) is 37.5. The van der Waals surface area contributed by atoms with Crippen LogP contribution in [-0.4, -0.2) is 4.57 Å². The molecule has 10 aromatic carbocycles. The van der Waals surface area contributed by atoms with Gasteiger partial charge < -0.3 is 13.9 Å². The molecule has 12 aromatic rings. The molecular formula is C54H34N2O. The zero-order valence-corrected chi connectivity index (χ0v) is 30.9. The van der Waals surface area contributed by atoms with Gasteiger partial charge >= 0.3 is 0 Å². The first-order valence-corrected chi connectivity index (χ1v) is 19.5. The summed E-state index contributed by atoms with van der Waals surface area (Å²) in [6.45, 7) is 0. The monoisotopic (exact) mass is 726 g/mol. The summed E-state index contributed by atoms with van der Waals surface area (Å²) in [6.07, 6.45) is 0. The minimum Gasteiger partial charge on any atom is -0.456 e. The first-order chi connectivity index (χ1) is 28.3. The largest absolute Gasteiger partial charge is 0.456 e. The van der Waals surface area contributed by atoms with Gasteiger partial charge in [-0.1, -0.05) is 140 Å². The number of para-hydroxylation sites is 3. The quantitative estimate of drug-likeness (QED) is 0.165. The lowest BCUT2D eigenvalue weighted by molar-refractivity contribution is 0.669. The SMILES string of the molecule is c1ccc(-c2c3c(cc4c2c2cc(N(c5ccccc5)c5ccc6c7ccccc7c7ccccc7c6c5)ccc2n4-c2ccccc2)oc2ccccc23)cc1. The van der Waals surface area contributed by atoms with E-state index < -0.39 is 0 Å². The molecule has 0 saturated carbocycles. The van der Waals surface area contributed by atoms with Gasteiger partial charge in [0.05, 0.1) is 11.0 Å². The van der Waals surface area contributed by atoms with E-state index in [1.807, 2.05) is 0 Å². The average molecular weight is 727 g/mol. The van der Waals surface area contributed by atoms with Crippen molar-refractivity contribution >= 4 is 93.1 Å². The van der Waals surface area contributed by atoms with Crippen molar-refractivity contribution in [3.8, 4) is 16.8 Å². The van der Waals surface area contributed by atoms with Crippen LogP contribution in [0.5, 0.6) is 0 Å². The molecule has 3 nitrogen and oxygen atoms in total. The van der Waals surface area contributed by atoms with Crippen molar-refractivity contribution in [2.24, 2.45) is 0 Å². The lowest BCUT2D eigenvalue weighted by atomic mass is 9.93. The second-order valence-corrected chi connectivity index (χ2v) is 14.8. The average Bonchev–Trinajstić information content (AvgIpc) is 3.82. The van der Waals surface area contributed by atoms with Gasteiger partial charge in [-0.15, -0.1) is 0 Å². The molecule has 0 aliphatic rings. The molecule has 0 radical (unpaired) electrons. The standard InChI is InChI=1S/C54H34N2O/c1-4-16-35(17-5-1)52-53-47-33-39(29-31-48(47)56(37-20-8-3-9-21-37)49(53)34-51-54(52)45-26-14-15-27-50(45)57-51)55(36-18-6-2-7-19-36)38-28-30-44-42-24-11-10-22-40(42)41-23-12-13-25-43(41)46(44)32-38/h1-34H. The summed E-state index contributed by atoms with van der Waals surface area (Å²) >= 11 is 0. The van der Waals surface area contributed by atoms with Gasteiger partial charge in [0.2, 0.25) is 0 Å². The Balaban J connectivity index is 1.20. The van der Waals surface area contributed by atoms with E-state index in [1.165, 1.54) is 48.7 Å². The number of anilines is 3. The van der Waals surface area contributed by atoms with E-state index >= 15 is 0 Å². The molecule has 12 rings (SSSR count). The number of rotatable bonds is 5. The van der Waals surface area contributed by atoms with Crippen molar-refractivity contribution in [3.05, 3.63) is 206 Å². The molecule has 2 heterocycles. The van der Waals surface area contributed by atoms with Crippen LogP contribution in [0.3, 0.4) is 0 Å². The van der Waals surface area contributed by atoms with Crippen LogP contribution in [0.15, 0.2) is 211 Å². The molecule has 0 N–H and O–H groups in total. The van der Waals surface area contributed by atoms with E-state index in [-0.39, 0.29) is 0 Å². The van der Waals surface area contributed by atoms with E-state index in [1.54, 1.807) is 0 Å². The smallest absolute Gasteiger partial charge is 0.138 e. The lowest BCUT2D eigenvalue weighted by Crippen LogP contribution is -2.09. The van der Waals surface area contributed by atoms with Crippen molar-refractivity contribution in [1.29, 1.82) is 0 Å². The van der Waals surface area contributed by atoms with Gasteiger partial charge in [-0.2, -0.15) is 0 Å². The highest BCUT2D eigenvalue weighted by atomic mass is 16.3. The van der Waals surface area contributed by atoms with Crippen LogP contribution >= 0.6 is 0 Å². The van der Waals surface area contributed by atoms with E-state index in [0.29, 0.717) is 0 Å². The summed E-state index contributed by atoms with van der Waals surface area (Å²) in [5.74, 6) is 0. The molecule has 0 saturated heterocycles. The van der Waals surface area contributed by atoms with Crippen LogP contribution in [0.1, 0.15) is 0 Å². The molecule has 0 aliphatic heterocycles. The molecule has 0 atom stereocenters. The molecule has 2 aromatic heterocycles. The van der Waals surface area contributed by atoms with Gasteiger partial charge in [0.25, 0.3) is 0 Å². The number of furan rings is 1. The summed E-state index contributed by atoms with van der Waals surface area (Å²) in [6, 6.07) is 74.4. The fraction of sp³-hybridized carbons (Fsp3) is 0. The Labute approximate surface area is 328 Å². The molecule has 3 heteroatoms. The third-order valence-electron chi connectivity index (χ3n) is 11.7. The van der Waals surface area contributed by atoms with Gasteiger partial charge in [0, 0.05) is 55.9 Å². The summed E-state index contributed by atoms with van der Waals surface area (Å²) < 4.78 is 9.05. The second-order valence-electron chi connectivity index (χ2n) is 14.8. The highest BCUT2D eigenvalue weighted by Gasteiger charge is 2.24.